The zero-order valence-electron chi connectivity index (χ0n) is 11.4. The van der Waals surface area contributed by atoms with Crippen molar-refractivity contribution in [3.05, 3.63) is 21.4 Å². The molecule has 2 aliphatic carbocycles. The highest BCUT2D eigenvalue weighted by Crippen LogP contribution is 2.34. The van der Waals surface area contributed by atoms with E-state index in [9.17, 15) is 0 Å². The first-order valence-corrected chi connectivity index (χ1v) is 7.98. The fourth-order valence-electron chi connectivity index (χ4n) is 3.06. The zero-order valence-corrected chi connectivity index (χ0v) is 12.2. The summed E-state index contributed by atoms with van der Waals surface area (Å²) in [6.45, 7) is 2.30. The number of hydrogen-bond donors (Lipinski definition) is 1. The summed E-state index contributed by atoms with van der Waals surface area (Å²) >= 11 is 2.03. The second-order valence-electron chi connectivity index (χ2n) is 5.72. The Balaban J connectivity index is 1.59. The summed E-state index contributed by atoms with van der Waals surface area (Å²) in [6.07, 6.45) is 8.20. The third-order valence-electron chi connectivity index (χ3n) is 4.36. The lowest BCUT2D eigenvalue weighted by Gasteiger charge is -2.36. The van der Waals surface area contributed by atoms with Gasteiger partial charge in [0.1, 0.15) is 0 Å². The molecule has 0 radical (unpaired) electrons. The fourth-order valence-corrected chi connectivity index (χ4v) is 4.33. The summed E-state index contributed by atoms with van der Waals surface area (Å²) in [5, 5.41) is 3.74. The van der Waals surface area contributed by atoms with Gasteiger partial charge in [0.15, 0.2) is 0 Å². The van der Waals surface area contributed by atoms with Crippen molar-refractivity contribution in [1.82, 2.24) is 5.32 Å². The number of methoxy groups -OCH3 is 1. The van der Waals surface area contributed by atoms with E-state index in [0.717, 1.165) is 0 Å². The van der Waals surface area contributed by atoms with Crippen molar-refractivity contribution >= 4 is 11.3 Å². The molecule has 1 atom stereocenters. The summed E-state index contributed by atoms with van der Waals surface area (Å²) in [5.74, 6) is 0. The van der Waals surface area contributed by atoms with Crippen LogP contribution in [0.3, 0.4) is 0 Å². The molecule has 1 unspecified atom stereocenters. The Hall–Kier alpha value is -0.380. The molecule has 3 rings (SSSR count). The highest BCUT2D eigenvalue weighted by atomic mass is 32.1. The lowest BCUT2D eigenvalue weighted by Crippen LogP contribution is -2.45. The van der Waals surface area contributed by atoms with Gasteiger partial charge in [-0.2, -0.15) is 0 Å². The molecule has 100 valence electrons. The molecule has 1 aromatic heterocycles. The second kappa shape index (κ2) is 5.32. The van der Waals surface area contributed by atoms with Gasteiger partial charge in [0.25, 0.3) is 0 Å². The molecule has 0 saturated heterocycles. The predicted molar refractivity (Wildman–Crippen MR) is 76.3 cm³/mol. The van der Waals surface area contributed by atoms with E-state index in [1.807, 2.05) is 18.4 Å². The molecule has 0 aromatic carbocycles. The van der Waals surface area contributed by atoms with Crippen molar-refractivity contribution in [3.63, 3.8) is 0 Å². The quantitative estimate of drug-likeness (QED) is 0.900. The van der Waals surface area contributed by atoms with Crippen LogP contribution in [0.5, 0.6) is 0 Å². The molecular weight excluding hydrogens is 242 g/mol. The van der Waals surface area contributed by atoms with E-state index >= 15 is 0 Å². The number of ether oxygens (including phenoxy) is 1. The standard InChI is InChI=1S/C15H23NOS/c1-10(16-12-8-13(9-12)17-2)15-7-11-5-3-4-6-14(11)18-15/h7,10,12-13,16H,3-6,8-9H2,1-2H3. The molecule has 3 heteroatoms. The van der Waals surface area contributed by atoms with Gasteiger partial charge in [-0.05, 0) is 57.1 Å². The van der Waals surface area contributed by atoms with E-state index < -0.39 is 0 Å². The van der Waals surface area contributed by atoms with Crippen molar-refractivity contribution in [2.24, 2.45) is 0 Å². The molecule has 0 amide bonds. The average Bonchev–Trinajstić information content (AvgIpc) is 2.76. The Morgan fingerprint density at radius 3 is 2.83 bits per heavy atom. The van der Waals surface area contributed by atoms with Crippen molar-refractivity contribution in [2.45, 2.75) is 63.6 Å². The van der Waals surface area contributed by atoms with Gasteiger partial charge in [0.05, 0.1) is 6.10 Å². The van der Waals surface area contributed by atoms with Crippen LogP contribution in [0, 0.1) is 0 Å². The third kappa shape index (κ3) is 2.49. The van der Waals surface area contributed by atoms with Crippen LogP contribution < -0.4 is 5.32 Å². The van der Waals surface area contributed by atoms with Crippen LogP contribution in [-0.2, 0) is 17.6 Å². The Labute approximate surface area is 114 Å². The zero-order chi connectivity index (χ0) is 12.5. The summed E-state index contributed by atoms with van der Waals surface area (Å²) in [6, 6.07) is 3.61. The molecule has 1 aromatic rings. The number of rotatable bonds is 4. The molecule has 2 aliphatic rings. The van der Waals surface area contributed by atoms with Crippen LogP contribution in [0.1, 0.15) is 54.0 Å². The summed E-state index contributed by atoms with van der Waals surface area (Å²) in [5.41, 5.74) is 1.62. The molecular formula is C15H23NOS. The minimum Gasteiger partial charge on any atom is -0.381 e. The minimum atomic E-state index is 0.492. The van der Waals surface area contributed by atoms with Crippen molar-refractivity contribution in [2.75, 3.05) is 7.11 Å². The largest absolute Gasteiger partial charge is 0.381 e. The molecule has 0 bridgehead atoms. The van der Waals surface area contributed by atoms with E-state index in [-0.39, 0.29) is 0 Å². The Morgan fingerprint density at radius 1 is 1.33 bits per heavy atom. The van der Waals surface area contributed by atoms with Gasteiger partial charge in [0, 0.05) is 28.9 Å². The first kappa shape index (κ1) is 12.6. The highest BCUT2D eigenvalue weighted by Gasteiger charge is 2.30. The summed E-state index contributed by atoms with van der Waals surface area (Å²) in [4.78, 5) is 3.18. The summed E-state index contributed by atoms with van der Waals surface area (Å²) < 4.78 is 5.33. The first-order valence-electron chi connectivity index (χ1n) is 7.16. The highest BCUT2D eigenvalue weighted by molar-refractivity contribution is 7.12. The van der Waals surface area contributed by atoms with Crippen LogP contribution in [0.4, 0.5) is 0 Å². The van der Waals surface area contributed by atoms with Crippen LogP contribution >= 0.6 is 11.3 Å². The smallest absolute Gasteiger partial charge is 0.0601 e. The van der Waals surface area contributed by atoms with Crippen LogP contribution in [0.25, 0.3) is 0 Å². The van der Waals surface area contributed by atoms with Crippen LogP contribution in [0.15, 0.2) is 6.07 Å². The van der Waals surface area contributed by atoms with E-state index in [2.05, 4.69) is 18.3 Å². The SMILES string of the molecule is COC1CC(NC(C)c2cc3c(s2)CCCC3)C1. The number of hydrogen-bond acceptors (Lipinski definition) is 3. The van der Waals surface area contributed by atoms with Gasteiger partial charge in [0.2, 0.25) is 0 Å². The number of nitrogens with one attached hydrogen (secondary N) is 1. The predicted octanol–water partition coefficient (Wildman–Crippen LogP) is 3.45. The normalized spacial score (nSPS) is 28.6. The molecule has 1 N–H and O–H groups in total. The molecule has 1 fully saturated rings. The van der Waals surface area contributed by atoms with Crippen LogP contribution in [0.2, 0.25) is 0 Å². The van der Waals surface area contributed by atoms with E-state index in [1.54, 1.807) is 10.4 Å². The van der Waals surface area contributed by atoms with Gasteiger partial charge < -0.3 is 10.1 Å². The maximum atomic E-state index is 5.33. The van der Waals surface area contributed by atoms with E-state index in [0.29, 0.717) is 18.2 Å². The fraction of sp³-hybridized carbons (Fsp3) is 0.733. The lowest BCUT2D eigenvalue weighted by molar-refractivity contribution is 0.0148. The monoisotopic (exact) mass is 265 g/mol. The molecule has 0 spiro atoms. The summed E-state index contributed by atoms with van der Waals surface area (Å²) in [7, 11) is 1.82. The minimum absolute atomic E-state index is 0.492. The topological polar surface area (TPSA) is 21.3 Å². The van der Waals surface area contributed by atoms with Gasteiger partial charge in [-0.1, -0.05) is 0 Å². The molecule has 0 aliphatic heterocycles. The molecule has 18 heavy (non-hydrogen) atoms. The molecule has 2 nitrogen and oxygen atoms in total. The Kier molecular flexibility index (Phi) is 3.73. The Morgan fingerprint density at radius 2 is 2.11 bits per heavy atom. The average molecular weight is 265 g/mol. The maximum Gasteiger partial charge on any atom is 0.0601 e. The van der Waals surface area contributed by atoms with Crippen molar-refractivity contribution < 1.29 is 4.74 Å². The van der Waals surface area contributed by atoms with E-state index in [1.165, 1.54) is 43.4 Å². The molecule has 1 saturated carbocycles. The number of thiophene rings is 1. The van der Waals surface area contributed by atoms with Crippen molar-refractivity contribution in [1.29, 1.82) is 0 Å². The first-order chi connectivity index (χ1) is 8.76. The third-order valence-corrected chi connectivity index (χ3v) is 5.78. The second-order valence-corrected chi connectivity index (χ2v) is 6.89. The Bertz CT molecular complexity index is 385. The van der Waals surface area contributed by atoms with Gasteiger partial charge in [-0.25, -0.2) is 0 Å². The number of fused-ring (bicyclic) bond motifs is 1. The molecule has 1 heterocycles. The lowest BCUT2D eigenvalue weighted by atomic mass is 9.88. The number of aryl methyl sites for hydroxylation is 2. The maximum absolute atomic E-state index is 5.33. The van der Waals surface area contributed by atoms with Gasteiger partial charge >= 0.3 is 0 Å². The van der Waals surface area contributed by atoms with E-state index in [4.69, 9.17) is 4.74 Å². The van der Waals surface area contributed by atoms with Gasteiger partial charge in [-0.3, -0.25) is 0 Å². The van der Waals surface area contributed by atoms with Crippen molar-refractivity contribution in [3.8, 4) is 0 Å². The van der Waals surface area contributed by atoms with Gasteiger partial charge in [-0.15, -0.1) is 11.3 Å². The van der Waals surface area contributed by atoms with Crippen LogP contribution in [-0.4, -0.2) is 19.3 Å².